The number of nitrogens with one attached hydrogen (secondary N) is 1. The van der Waals surface area contributed by atoms with Crippen molar-refractivity contribution in [1.29, 1.82) is 0 Å². The number of hydrogen-bond acceptors (Lipinski definition) is 6. The Morgan fingerprint density at radius 3 is 2.48 bits per heavy atom. The summed E-state index contributed by atoms with van der Waals surface area (Å²) in [5.74, 6) is 0.435. The average Bonchev–Trinajstić information content (AvgIpc) is 3.07. The molecular formula is C17H29Cl2N7O. The molecule has 0 spiro atoms. The lowest BCUT2D eigenvalue weighted by Gasteiger charge is -2.31. The predicted octanol–water partition coefficient (Wildman–Crippen LogP) is 2.14. The van der Waals surface area contributed by atoms with Gasteiger partial charge in [-0.3, -0.25) is 4.79 Å². The fourth-order valence-corrected chi connectivity index (χ4v) is 2.57. The van der Waals surface area contributed by atoms with Gasteiger partial charge in [0.25, 0.3) is 0 Å². The van der Waals surface area contributed by atoms with Crippen molar-refractivity contribution in [3.8, 4) is 5.69 Å². The van der Waals surface area contributed by atoms with E-state index in [0.717, 1.165) is 5.69 Å². The highest BCUT2D eigenvalue weighted by molar-refractivity contribution is 5.85. The molecular weight excluding hydrogens is 389 g/mol. The summed E-state index contributed by atoms with van der Waals surface area (Å²) in [4.78, 5) is 14.5. The molecule has 1 aromatic heterocycles. The molecule has 1 amide bonds. The Morgan fingerprint density at radius 1 is 1.30 bits per heavy atom. The number of anilines is 1. The minimum Gasteiger partial charge on any atom is -0.343 e. The first-order chi connectivity index (χ1) is 11.9. The third kappa shape index (κ3) is 6.64. The third-order valence-electron chi connectivity index (χ3n) is 4.07. The molecule has 152 valence electrons. The van der Waals surface area contributed by atoms with Crippen molar-refractivity contribution in [2.45, 2.75) is 33.2 Å². The van der Waals surface area contributed by atoms with Crippen molar-refractivity contribution >= 4 is 36.7 Å². The summed E-state index contributed by atoms with van der Waals surface area (Å²) in [7, 11) is 1.80. The zero-order chi connectivity index (χ0) is 18.4. The molecule has 0 aliphatic carbocycles. The second kappa shape index (κ2) is 11.1. The van der Waals surface area contributed by atoms with Crippen molar-refractivity contribution in [3.63, 3.8) is 0 Å². The molecule has 1 heterocycles. The zero-order valence-corrected chi connectivity index (χ0v) is 17.8. The highest BCUT2D eigenvalue weighted by Crippen LogP contribution is 2.17. The van der Waals surface area contributed by atoms with Crippen LogP contribution in [0.1, 0.15) is 27.2 Å². The van der Waals surface area contributed by atoms with Gasteiger partial charge in [-0.15, -0.1) is 24.8 Å². The summed E-state index contributed by atoms with van der Waals surface area (Å²) in [5.41, 5.74) is 6.47. The van der Waals surface area contributed by atoms with Crippen LogP contribution in [0, 0.1) is 5.41 Å². The topological polar surface area (TPSA) is 102 Å². The summed E-state index contributed by atoms with van der Waals surface area (Å²) in [6, 6.07) is 9.14. The molecule has 0 aliphatic rings. The number of tetrazole rings is 1. The molecule has 1 aromatic carbocycles. The lowest BCUT2D eigenvalue weighted by molar-refractivity contribution is -0.132. The van der Waals surface area contributed by atoms with E-state index in [0.29, 0.717) is 25.5 Å². The maximum absolute atomic E-state index is 12.8. The van der Waals surface area contributed by atoms with Gasteiger partial charge in [0.05, 0.1) is 5.69 Å². The summed E-state index contributed by atoms with van der Waals surface area (Å²) in [6.07, 6.45) is 0.619. The van der Waals surface area contributed by atoms with Crippen LogP contribution in [0.2, 0.25) is 0 Å². The lowest BCUT2D eigenvalue weighted by Crippen LogP contribution is -2.46. The minimum atomic E-state index is -0.410. The molecule has 10 heteroatoms. The van der Waals surface area contributed by atoms with E-state index in [1.165, 1.54) is 0 Å². The number of likely N-dealkylation sites (N-methyl/N-ethyl adjacent to an activating group) is 1. The van der Waals surface area contributed by atoms with Crippen LogP contribution in [0.25, 0.3) is 5.69 Å². The number of aromatic nitrogens is 4. The van der Waals surface area contributed by atoms with Crippen LogP contribution in [-0.2, 0) is 4.79 Å². The summed E-state index contributed by atoms with van der Waals surface area (Å²) in [5, 5.41) is 14.9. The molecule has 0 aliphatic heterocycles. The van der Waals surface area contributed by atoms with Crippen LogP contribution in [0.5, 0.6) is 0 Å². The van der Waals surface area contributed by atoms with Gasteiger partial charge in [-0.1, -0.05) is 44.1 Å². The number of halogens is 2. The van der Waals surface area contributed by atoms with E-state index in [-0.39, 0.29) is 36.1 Å². The fourth-order valence-electron chi connectivity index (χ4n) is 2.57. The molecule has 8 nitrogen and oxygen atoms in total. The Labute approximate surface area is 172 Å². The Kier molecular flexibility index (Phi) is 10.3. The largest absolute Gasteiger partial charge is 0.343 e. The Hall–Kier alpha value is -1.90. The lowest BCUT2D eigenvalue weighted by atomic mass is 9.93. The second-order valence-corrected chi connectivity index (χ2v) is 6.92. The molecule has 1 atom stereocenters. The molecule has 0 bridgehead atoms. The highest BCUT2D eigenvalue weighted by atomic mass is 35.5. The number of rotatable bonds is 8. The molecule has 27 heavy (non-hydrogen) atoms. The summed E-state index contributed by atoms with van der Waals surface area (Å²) in [6.45, 7) is 7.14. The van der Waals surface area contributed by atoms with Crippen molar-refractivity contribution < 1.29 is 4.79 Å². The van der Waals surface area contributed by atoms with E-state index >= 15 is 0 Å². The first-order valence-electron chi connectivity index (χ1n) is 8.43. The van der Waals surface area contributed by atoms with Gasteiger partial charge in [-0.05, 0) is 40.9 Å². The Morgan fingerprint density at radius 2 is 1.93 bits per heavy atom. The van der Waals surface area contributed by atoms with Crippen molar-refractivity contribution in [1.82, 2.24) is 25.1 Å². The third-order valence-corrected chi connectivity index (χ3v) is 4.07. The van der Waals surface area contributed by atoms with Gasteiger partial charge in [0.15, 0.2) is 0 Å². The number of carbonyl (C=O) groups excluding carboxylic acids is 1. The van der Waals surface area contributed by atoms with Crippen molar-refractivity contribution in [3.05, 3.63) is 30.3 Å². The highest BCUT2D eigenvalue weighted by Gasteiger charge is 2.27. The van der Waals surface area contributed by atoms with E-state index in [9.17, 15) is 4.79 Å². The Balaban J connectivity index is 0.00000338. The van der Waals surface area contributed by atoms with Crippen LogP contribution in [-0.4, -0.2) is 57.2 Å². The zero-order valence-electron chi connectivity index (χ0n) is 16.1. The predicted molar refractivity (Wildman–Crippen MR) is 112 cm³/mol. The summed E-state index contributed by atoms with van der Waals surface area (Å²) >= 11 is 0. The van der Waals surface area contributed by atoms with Gasteiger partial charge in [0, 0.05) is 13.6 Å². The molecule has 0 saturated heterocycles. The standard InChI is InChI=1S/C17H27N7O.2ClH/c1-5-14(15(25)23(4)12-17(2,3)11-18)19-16-20-21-22-24(16)13-9-7-6-8-10-13;;/h6-10,14H,5,11-12,18H2,1-4H3,(H,19,20,22);2*1H. The van der Waals surface area contributed by atoms with Crippen LogP contribution in [0.3, 0.4) is 0 Å². The SMILES string of the molecule is CCC(Nc1nnnn1-c1ccccc1)C(=O)N(C)CC(C)(C)CN.Cl.Cl. The number of hydrogen-bond donors (Lipinski definition) is 2. The van der Waals surface area contributed by atoms with Gasteiger partial charge >= 0.3 is 0 Å². The molecule has 0 saturated carbocycles. The van der Waals surface area contributed by atoms with Crippen LogP contribution >= 0.6 is 24.8 Å². The number of para-hydroxylation sites is 1. The second-order valence-electron chi connectivity index (χ2n) is 6.92. The monoisotopic (exact) mass is 417 g/mol. The van der Waals surface area contributed by atoms with Crippen LogP contribution in [0.4, 0.5) is 5.95 Å². The molecule has 1 unspecified atom stereocenters. The van der Waals surface area contributed by atoms with Gasteiger partial charge < -0.3 is 16.0 Å². The molecule has 2 rings (SSSR count). The average molecular weight is 418 g/mol. The number of nitrogens with zero attached hydrogens (tertiary/aromatic N) is 5. The maximum atomic E-state index is 12.8. The Bertz CT molecular complexity index is 694. The van der Waals surface area contributed by atoms with Crippen LogP contribution in [0.15, 0.2) is 30.3 Å². The van der Waals surface area contributed by atoms with E-state index in [4.69, 9.17) is 5.73 Å². The molecule has 0 fully saturated rings. The minimum absolute atomic E-state index is 0. The van der Waals surface area contributed by atoms with Crippen molar-refractivity contribution in [2.75, 3.05) is 25.5 Å². The van der Waals surface area contributed by atoms with Gasteiger partial charge in [0.2, 0.25) is 11.9 Å². The molecule has 3 N–H and O–H groups in total. The maximum Gasteiger partial charge on any atom is 0.248 e. The quantitative estimate of drug-likeness (QED) is 0.681. The number of benzene rings is 1. The first-order valence-corrected chi connectivity index (χ1v) is 8.43. The number of amides is 1. The van der Waals surface area contributed by atoms with E-state index in [2.05, 4.69) is 20.8 Å². The summed E-state index contributed by atoms with van der Waals surface area (Å²) < 4.78 is 1.58. The van der Waals surface area contributed by atoms with Gasteiger partial charge in [0.1, 0.15) is 6.04 Å². The van der Waals surface area contributed by atoms with E-state index in [1.54, 1.807) is 16.6 Å². The number of carbonyl (C=O) groups is 1. The van der Waals surface area contributed by atoms with Crippen LogP contribution < -0.4 is 11.1 Å². The van der Waals surface area contributed by atoms with Gasteiger partial charge in [-0.25, -0.2) is 0 Å². The van der Waals surface area contributed by atoms with E-state index in [1.807, 2.05) is 51.1 Å². The number of nitrogens with two attached hydrogens (primary N) is 1. The van der Waals surface area contributed by atoms with Crippen molar-refractivity contribution in [2.24, 2.45) is 11.1 Å². The normalized spacial score (nSPS) is 11.7. The van der Waals surface area contributed by atoms with E-state index < -0.39 is 6.04 Å². The van der Waals surface area contributed by atoms with Gasteiger partial charge in [-0.2, -0.15) is 4.68 Å². The first kappa shape index (κ1) is 25.1. The molecule has 2 aromatic rings. The molecule has 0 radical (unpaired) electrons. The smallest absolute Gasteiger partial charge is 0.248 e. The fraction of sp³-hybridized carbons (Fsp3) is 0.529.